The van der Waals surface area contributed by atoms with Gasteiger partial charge in [-0.2, -0.15) is 5.26 Å². The summed E-state index contributed by atoms with van der Waals surface area (Å²) < 4.78 is 0. The molecule has 2 aliphatic heterocycles. The van der Waals surface area contributed by atoms with Crippen LogP contribution in [0.4, 0.5) is 5.82 Å². The number of nitriles is 1. The van der Waals surface area contributed by atoms with Crippen LogP contribution in [0.3, 0.4) is 0 Å². The maximum absolute atomic E-state index is 8.79. The van der Waals surface area contributed by atoms with E-state index in [1.807, 2.05) is 12.1 Å². The number of hydrogen-bond acceptors (Lipinski definition) is 5. The van der Waals surface area contributed by atoms with Crippen LogP contribution in [0.1, 0.15) is 37.8 Å². The van der Waals surface area contributed by atoms with Crippen molar-refractivity contribution in [2.24, 2.45) is 0 Å². The van der Waals surface area contributed by atoms with Gasteiger partial charge in [0.1, 0.15) is 6.07 Å². The summed E-state index contributed by atoms with van der Waals surface area (Å²) in [6.07, 6.45) is 6.51. The highest BCUT2D eigenvalue weighted by atomic mass is 15.3. The minimum atomic E-state index is 0.389. The lowest BCUT2D eigenvalue weighted by Crippen LogP contribution is -2.42. The van der Waals surface area contributed by atoms with Crippen LogP contribution in [-0.2, 0) is 0 Å². The van der Waals surface area contributed by atoms with Crippen LogP contribution in [-0.4, -0.2) is 47.3 Å². The lowest BCUT2D eigenvalue weighted by atomic mass is 10.1. The topological polar surface area (TPSA) is 56.1 Å². The molecule has 3 heterocycles. The average Bonchev–Trinajstić information content (AvgIpc) is 2.96. The van der Waals surface area contributed by atoms with E-state index in [4.69, 9.17) is 5.26 Å². The van der Waals surface area contributed by atoms with Crippen molar-refractivity contribution in [3.63, 3.8) is 0 Å². The van der Waals surface area contributed by atoms with E-state index in [1.165, 1.54) is 45.2 Å². The van der Waals surface area contributed by atoms with Crippen molar-refractivity contribution in [3.8, 4) is 6.07 Å². The van der Waals surface area contributed by atoms with Gasteiger partial charge in [-0.25, -0.2) is 0 Å². The number of nitrogens with zero attached hydrogens (tertiary/aromatic N) is 5. The fraction of sp³-hybridized carbons (Fsp3) is 0.667. The van der Waals surface area contributed by atoms with Crippen molar-refractivity contribution in [2.75, 3.05) is 31.1 Å². The highest BCUT2D eigenvalue weighted by Crippen LogP contribution is 2.24. The quantitative estimate of drug-likeness (QED) is 0.839. The molecule has 5 heteroatoms. The maximum Gasteiger partial charge on any atom is 0.163 e. The molecule has 0 spiro atoms. The summed E-state index contributed by atoms with van der Waals surface area (Å²) in [5.41, 5.74) is 0.389. The van der Waals surface area contributed by atoms with Gasteiger partial charge >= 0.3 is 0 Å². The van der Waals surface area contributed by atoms with Crippen LogP contribution in [0.5, 0.6) is 0 Å². The molecule has 0 radical (unpaired) electrons. The predicted octanol–water partition coefficient (Wildman–Crippen LogP) is 1.80. The molecule has 0 bridgehead atoms. The Kier molecular flexibility index (Phi) is 4.12. The molecule has 2 saturated heterocycles. The van der Waals surface area contributed by atoms with Crippen molar-refractivity contribution in [1.82, 2.24) is 15.1 Å². The van der Waals surface area contributed by atoms with Crippen molar-refractivity contribution in [1.29, 1.82) is 5.26 Å². The lowest BCUT2D eigenvalue weighted by molar-refractivity contribution is 0.216. The molecule has 2 aliphatic rings. The summed E-state index contributed by atoms with van der Waals surface area (Å²) in [6.45, 7) is 4.67. The zero-order valence-electron chi connectivity index (χ0n) is 11.8. The Balaban J connectivity index is 1.66. The maximum atomic E-state index is 8.79. The van der Waals surface area contributed by atoms with E-state index < -0.39 is 0 Å². The number of hydrogen-bond donors (Lipinski definition) is 0. The van der Waals surface area contributed by atoms with Gasteiger partial charge in [0.05, 0.1) is 0 Å². The molecule has 106 valence electrons. The number of aromatic nitrogens is 2. The highest BCUT2D eigenvalue weighted by Gasteiger charge is 2.28. The minimum absolute atomic E-state index is 0.389. The second-order valence-corrected chi connectivity index (χ2v) is 5.74. The second kappa shape index (κ2) is 6.19. The summed E-state index contributed by atoms with van der Waals surface area (Å²) >= 11 is 0. The van der Waals surface area contributed by atoms with Gasteiger partial charge in [0.25, 0.3) is 0 Å². The molecule has 0 aromatic carbocycles. The van der Waals surface area contributed by atoms with Crippen LogP contribution in [0, 0.1) is 11.3 Å². The van der Waals surface area contributed by atoms with Crippen molar-refractivity contribution in [2.45, 2.75) is 38.1 Å². The largest absolute Gasteiger partial charge is 0.351 e. The molecule has 0 unspecified atom stereocenters. The number of anilines is 1. The molecule has 1 aromatic heterocycles. The van der Waals surface area contributed by atoms with Crippen LogP contribution in [0.15, 0.2) is 12.1 Å². The third kappa shape index (κ3) is 2.91. The van der Waals surface area contributed by atoms with Crippen LogP contribution in [0.2, 0.25) is 0 Å². The highest BCUT2D eigenvalue weighted by molar-refractivity contribution is 5.41. The third-order valence-electron chi connectivity index (χ3n) is 4.35. The molecule has 0 N–H and O–H groups in total. The van der Waals surface area contributed by atoms with Crippen molar-refractivity contribution < 1.29 is 0 Å². The van der Waals surface area contributed by atoms with Crippen LogP contribution in [0.25, 0.3) is 0 Å². The first-order valence-corrected chi connectivity index (χ1v) is 7.59. The Morgan fingerprint density at radius 1 is 1.10 bits per heavy atom. The second-order valence-electron chi connectivity index (χ2n) is 5.74. The molecule has 0 aliphatic carbocycles. The van der Waals surface area contributed by atoms with Gasteiger partial charge in [0.15, 0.2) is 11.5 Å². The first kappa shape index (κ1) is 13.3. The van der Waals surface area contributed by atoms with E-state index in [1.54, 1.807) is 6.07 Å². The lowest BCUT2D eigenvalue weighted by Gasteiger charge is -2.33. The SMILES string of the molecule is N#Cc1ccc(N2CCC[C@@H]2CN2CCCCC2)nn1. The Labute approximate surface area is 120 Å². The molecule has 1 atom stereocenters. The average molecular weight is 271 g/mol. The van der Waals surface area contributed by atoms with E-state index in [2.05, 4.69) is 20.0 Å². The number of likely N-dealkylation sites (tertiary alicyclic amines) is 1. The molecular weight excluding hydrogens is 250 g/mol. The van der Waals surface area contributed by atoms with Gasteiger partial charge in [-0.1, -0.05) is 6.42 Å². The Bertz CT molecular complexity index is 472. The van der Waals surface area contributed by atoms with Crippen LogP contribution < -0.4 is 4.90 Å². The van der Waals surface area contributed by atoms with Gasteiger partial charge in [-0.05, 0) is 50.9 Å². The smallest absolute Gasteiger partial charge is 0.163 e. The van der Waals surface area contributed by atoms with E-state index in [0.29, 0.717) is 11.7 Å². The normalized spacial score (nSPS) is 23.8. The predicted molar refractivity (Wildman–Crippen MR) is 77.4 cm³/mol. The minimum Gasteiger partial charge on any atom is -0.351 e. The number of rotatable bonds is 3. The third-order valence-corrected chi connectivity index (χ3v) is 4.35. The van der Waals surface area contributed by atoms with E-state index in [-0.39, 0.29) is 0 Å². The monoisotopic (exact) mass is 271 g/mol. The summed E-state index contributed by atoms with van der Waals surface area (Å²) in [7, 11) is 0. The van der Waals surface area contributed by atoms with Crippen molar-refractivity contribution in [3.05, 3.63) is 17.8 Å². The molecule has 20 heavy (non-hydrogen) atoms. The van der Waals surface area contributed by atoms with Gasteiger partial charge in [0, 0.05) is 19.1 Å². The van der Waals surface area contributed by atoms with Crippen LogP contribution >= 0.6 is 0 Å². The van der Waals surface area contributed by atoms with Gasteiger partial charge < -0.3 is 9.80 Å². The Morgan fingerprint density at radius 3 is 2.65 bits per heavy atom. The zero-order valence-corrected chi connectivity index (χ0v) is 11.8. The molecular formula is C15H21N5. The van der Waals surface area contributed by atoms with E-state index >= 15 is 0 Å². The fourth-order valence-electron chi connectivity index (χ4n) is 3.31. The first-order chi connectivity index (χ1) is 9.86. The Hall–Kier alpha value is -1.67. The summed E-state index contributed by atoms with van der Waals surface area (Å²) in [5, 5.41) is 17.0. The van der Waals surface area contributed by atoms with E-state index in [0.717, 1.165) is 18.9 Å². The standard InChI is InChI=1S/C15H21N5/c16-11-13-6-7-15(18-17-13)20-10-4-5-14(20)12-19-8-2-1-3-9-19/h6-7,14H,1-5,8-10,12H2/t14-/m1/s1. The molecule has 3 rings (SSSR count). The molecule has 2 fully saturated rings. The Morgan fingerprint density at radius 2 is 1.95 bits per heavy atom. The summed E-state index contributed by atoms with van der Waals surface area (Å²) in [5.74, 6) is 0.920. The summed E-state index contributed by atoms with van der Waals surface area (Å²) in [4.78, 5) is 4.95. The van der Waals surface area contributed by atoms with Crippen molar-refractivity contribution >= 4 is 5.82 Å². The van der Waals surface area contributed by atoms with Gasteiger partial charge in [0.2, 0.25) is 0 Å². The van der Waals surface area contributed by atoms with Gasteiger partial charge in [-0.3, -0.25) is 0 Å². The van der Waals surface area contributed by atoms with Gasteiger partial charge in [-0.15, -0.1) is 10.2 Å². The van der Waals surface area contributed by atoms with E-state index in [9.17, 15) is 0 Å². The molecule has 0 saturated carbocycles. The molecule has 5 nitrogen and oxygen atoms in total. The zero-order chi connectivity index (χ0) is 13.8. The molecule has 1 aromatic rings. The fourth-order valence-corrected chi connectivity index (χ4v) is 3.31. The first-order valence-electron chi connectivity index (χ1n) is 7.59. The molecule has 0 amide bonds. The number of piperidine rings is 1. The summed E-state index contributed by atoms with van der Waals surface area (Å²) in [6, 6.07) is 6.27.